The lowest BCUT2D eigenvalue weighted by Gasteiger charge is -2.20. The van der Waals surface area contributed by atoms with Crippen LogP contribution in [0.3, 0.4) is 0 Å². The lowest BCUT2D eigenvalue weighted by Crippen LogP contribution is -2.25. The van der Waals surface area contributed by atoms with Gasteiger partial charge in [-0.25, -0.2) is 0 Å². The molecular formula is C21H27N. The minimum atomic E-state index is 1.01. The van der Waals surface area contributed by atoms with E-state index < -0.39 is 0 Å². The third-order valence-corrected chi connectivity index (χ3v) is 3.80. The van der Waals surface area contributed by atoms with Crippen LogP contribution in [0.1, 0.15) is 37.8 Å². The molecule has 1 nitrogen and oxygen atoms in total. The van der Waals surface area contributed by atoms with Crippen molar-refractivity contribution in [3.63, 3.8) is 0 Å². The van der Waals surface area contributed by atoms with Crippen LogP contribution in [0.2, 0.25) is 0 Å². The molecule has 0 aliphatic rings. The molecule has 0 N–H and O–H groups in total. The zero-order valence-corrected chi connectivity index (χ0v) is 13.8. The van der Waals surface area contributed by atoms with E-state index in [1.54, 1.807) is 0 Å². The molecule has 2 rings (SSSR count). The Kier molecular flexibility index (Phi) is 6.92. The maximum atomic E-state index is 2.53. The molecule has 0 spiro atoms. The van der Waals surface area contributed by atoms with Crippen LogP contribution in [0.4, 0.5) is 0 Å². The molecule has 0 saturated heterocycles. The second-order valence-electron chi connectivity index (χ2n) is 5.65. The highest BCUT2D eigenvalue weighted by atomic mass is 15.1. The van der Waals surface area contributed by atoms with Crippen LogP contribution in [0.15, 0.2) is 66.7 Å². The summed E-state index contributed by atoms with van der Waals surface area (Å²) in [4.78, 5) is 2.53. The van der Waals surface area contributed by atoms with E-state index in [0.717, 1.165) is 6.54 Å². The van der Waals surface area contributed by atoms with Crippen LogP contribution in [-0.4, -0.2) is 24.5 Å². The zero-order valence-electron chi connectivity index (χ0n) is 13.8. The summed E-state index contributed by atoms with van der Waals surface area (Å²) in [5, 5.41) is 0. The normalized spacial score (nSPS) is 10.7. The van der Waals surface area contributed by atoms with Crippen molar-refractivity contribution in [1.82, 2.24) is 4.90 Å². The van der Waals surface area contributed by atoms with E-state index in [2.05, 4.69) is 85.5 Å². The van der Waals surface area contributed by atoms with Crippen LogP contribution in [0.25, 0.3) is 5.57 Å². The SMILES string of the molecule is CCCN(CC=C(c1ccccc1)c1ccccc1)CCC. The molecule has 0 aromatic heterocycles. The van der Waals surface area contributed by atoms with Gasteiger partial charge in [-0.15, -0.1) is 0 Å². The predicted molar refractivity (Wildman–Crippen MR) is 97.0 cm³/mol. The Morgan fingerprint density at radius 1 is 0.773 bits per heavy atom. The van der Waals surface area contributed by atoms with Crippen LogP contribution >= 0.6 is 0 Å². The third kappa shape index (κ3) is 4.85. The number of hydrogen-bond acceptors (Lipinski definition) is 1. The van der Waals surface area contributed by atoms with Gasteiger partial charge in [0, 0.05) is 6.54 Å². The van der Waals surface area contributed by atoms with Gasteiger partial charge in [-0.3, -0.25) is 4.90 Å². The summed E-state index contributed by atoms with van der Waals surface area (Å²) >= 11 is 0. The maximum Gasteiger partial charge on any atom is 0.0172 e. The fraction of sp³-hybridized carbons (Fsp3) is 0.333. The molecule has 0 aliphatic heterocycles. The van der Waals surface area contributed by atoms with E-state index in [1.807, 2.05) is 0 Å². The highest BCUT2D eigenvalue weighted by molar-refractivity contribution is 5.79. The molecule has 0 aliphatic carbocycles. The summed E-state index contributed by atoms with van der Waals surface area (Å²) in [6, 6.07) is 21.4. The first-order chi connectivity index (χ1) is 10.8. The molecule has 2 aromatic carbocycles. The van der Waals surface area contributed by atoms with E-state index in [-0.39, 0.29) is 0 Å². The van der Waals surface area contributed by atoms with Crippen molar-refractivity contribution in [1.29, 1.82) is 0 Å². The van der Waals surface area contributed by atoms with Crippen LogP contribution in [-0.2, 0) is 0 Å². The summed E-state index contributed by atoms with van der Waals surface area (Å²) in [5.41, 5.74) is 3.92. The van der Waals surface area contributed by atoms with Gasteiger partial charge in [0.15, 0.2) is 0 Å². The quantitative estimate of drug-likeness (QED) is 0.643. The third-order valence-electron chi connectivity index (χ3n) is 3.80. The molecular weight excluding hydrogens is 266 g/mol. The van der Waals surface area contributed by atoms with Crippen molar-refractivity contribution in [2.75, 3.05) is 19.6 Å². The van der Waals surface area contributed by atoms with E-state index in [4.69, 9.17) is 0 Å². The predicted octanol–water partition coefficient (Wildman–Crippen LogP) is 5.24. The van der Waals surface area contributed by atoms with Crippen LogP contribution in [0.5, 0.6) is 0 Å². The topological polar surface area (TPSA) is 3.24 Å². The van der Waals surface area contributed by atoms with Crippen molar-refractivity contribution in [2.24, 2.45) is 0 Å². The van der Waals surface area contributed by atoms with Gasteiger partial charge in [-0.2, -0.15) is 0 Å². The molecule has 0 bridgehead atoms. The Morgan fingerprint density at radius 2 is 1.23 bits per heavy atom. The lowest BCUT2D eigenvalue weighted by atomic mass is 9.97. The fourth-order valence-corrected chi connectivity index (χ4v) is 2.79. The van der Waals surface area contributed by atoms with E-state index in [0.29, 0.717) is 0 Å². The first-order valence-electron chi connectivity index (χ1n) is 8.38. The molecule has 1 heteroatoms. The highest BCUT2D eigenvalue weighted by Crippen LogP contribution is 2.23. The first kappa shape index (κ1) is 16.5. The van der Waals surface area contributed by atoms with Crippen molar-refractivity contribution in [3.8, 4) is 0 Å². The summed E-state index contributed by atoms with van der Waals surface area (Å²) in [5.74, 6) is 0. The van der Waals surface area contributed by atoms with Gasteiger partial charge in [0.1, 0.15) is 0 Å². The molecule has 2 aromatic rings. The highest BCUT2D eigenvalue weighted by Gasteiger charge is 2.06. The Labute approximate surface area is 135 Å². The fourth-order valence-electron chi connectivity index (χ4n) is 2.79. The molecule has 0 radical (unpaired) electrons. The second-order valence-corrected chi connectivity index (χ2v) is 5.65. The number of nitrogens with zero attached hydrogens (tertiary/aromatic N) is 1. The molecule has 0 saturated carbocycles. The molecule has 22 heavy (non-hydrogen) atoms. The largest absolute Gasteiger partial charge is 0.300 e. The van der Waals surface area contributed by atoms with Gasteiger partial charge in [-0.05, 0) is 42.6 Å². The average molecular weight is 293 g/mol. The molecule has 0 unspecified atom stereocenters. The van der Waals surface area contributed by atoms with Crippen LogP contribution < -0.4 is 0 Å². The molecule has 0 heterocycles. The number of hydrogen-bond donors (Lipinski definition) is 0. The van der Waals surface area contributed by atoms with Gasteiger partial charge in [-0.1, -0.05) is 80.6 Å². The van der Waals surface area contributed by atoms with Crippen molar-refractivity contribution in [2.45, 2.75) is 26.7 Å². The second kappa shape index (κ2) is 9.22. The molecule has 0 amide bonds. The summed E-state index contributed by atoms with van der Waals surface area (Å²) < 4.78 is 0. The van der Waals surface area contributed by atoms with E-state index >= 15 is 0 Å². The van der Waals surface area contributed by atoms with Crippen molar-refractivity contribution in [3.05, 3.63) is 77.9 Å². The Morgan fingerprint density at radius 3 is 1.64 bits per heavy atom. The van der Waals surface area contributed by atoms with Gasteiger partial charge < -0.3 is 0 Å². The lowest BCUT2D eigenvalue weighted by molar-refractivity contribution is 0.304. The van der Waals surface area contributed by atoms with Crippen LogP contribution in [0, 0.1) is 0 Å². The maximum absolute atomic E-state index is 2.53. The summed E-state index contributed by atoms with van der Waals surface area (Å²) in [6.07, 6.45) is 4.80. The standard InChI is InChI=1S/C21H27N/c1-3-16-22(17-4-2)18-15-21(19-11-7-5-8-12-19)20-13-9-6-10-14-20/h5-15H,3-4,16-18H2,1-2H3. The molecule has 0 atom stereocenters. The summed E-state index contributed by atoms with van der Waals surface area (Å²) in [7, 11) is 0. The van der Waals surface area contributed by atoms with Crippen molar-refractivity contribution < 1.29 is 0 Å². The van der Waals surface area contributed by atoms with E-state index in [1.165, 1.54) is 42.6 Å². The van der Waals surface area contributed by atoms with Crippen molar-refractivity contribution >= 4 is 5.57 Å². The number of benzene rings is 2. The molecule has 116 valence electrons. The minimum Gasteiger partial charge on any atom is -0.300 e. The average Bonchev–Trinajstić information content (AvgIpc) is 2.57. The monoisotopic (exact) mass is 293 g/mol. The number of rotatable bonds is 8. The minimum absolute atomic E-state index is 1.01. The van der Waals surface area contributed by atoms with Gasteiger partial charge in [0.2, 0.25) is 0 Å². The first-order valence-corrected chi connectivity index (χ1v) is 8.38. The Balaban J connectivity index is 2.26. The van der Waals surface area contributed by atoms with Gasteiger partial charge in [0.25, 0.3) is 0 Å². The summed E-state index contributed by atoms with van der Waals surface area (Å²) in [6.45, 7) is 7.85. The van der Waals surface area contributed by atoms with Gasteiger partial charge >= 0.3 is 0 Å². The Hall–Kier alpha value is -1.86. The van der Waals surface area contributed by atoms with E-state index in [9.17, 15) is 0 Å². The zero-order chi connectivity index (χ0) is 15.6. The smallest absolute Gasteiger partial charge is 0.0172 e. The molecule has 0 fully saturated rings. The Bertz CT molecular complexity index is 509. The van der Waals surface area contributed by atoms with Gasteiger partial charge in [0.05, 0.1) is 0 Å².